The van der Waals surface area contributed by atoms with Gasteiger partial charge < -0.3 is 9.47 Å². The highest BCUT2D eigenvalue weighted by Gasteiger charge is 2.30. The number of hydrogen-bond donors (Lipinski definition) is 1. The van der Waals surface area contributed by atoms with Crippen molar-refractivity contribution in [3.05, 3.63) is 35.9 Å². The average molecular weight is 236 g/mol. The number of nitrogens with two attached hydrogens (primary N) is 1. The number of hydrogen-bond acceptors (Lipinski definition) is 5. The minimum atomic E-state index is -0.639. The Bertz CT molecular complexity index is 358. The molecular formula is C12H16N2O3. The number of carbonyl (C=O) groups is 1. The summed E-state index contributed by atoms with van der Waals surface area (Å²) in [4.78, 5) is 10.6. The van der Waals surface area contributed by atoms with Crippen LogP contribution in [0.25, 0.3) is 0 Å². The Labute approximate surface area is 100 Å². The van der Waals surface area contributed by atoms with E-state index in [9.17, 15) is 4.79 Å². The third-order valence-electron chi connectivity index (χ3n) is 2.60. The van der Waals surface area contributed by atoms with Gasteiger partial charge in [-0.15, -0.1) is 0 Å². The molecule has 5 nitrogen and oxygen atoms in total. The summed E-state index contributed by atoms with van der Waals surface area (Å²) in [6, 6.07) is 9.89. The number of ether oxygens (including phenoxy) is 2. The van der Waals surface area contributed by atoms with E-state index in [2.05, 4.69) is 0 Å². The maximum absolute atomic E-state index is 10.6. The summed E-state index contributed by atoms with van der Waals surface area (Å²) in [6.07, 6.45) is -0.0868. The minimum Gasteiger partial charge on any atom is -0.374 e. The number of aldehydes is 1. The molecule has 0 bridgehead atoms. The highest BCUT2D eigenvalue weighted by molar-refractivity contribution is 5.55. The molecule has 0 radical (unpaired) electrons. The van der Waals surface area contributed by atoms with Crippen LogP contribution in [-0.2, 0) is 20.9 Å². The van der Waals surface area contributed by atoms with Crippen LogP contribution in [0.2, 0.25) is 0 Å². The van der Waals surface area contributed by atoms with Crippen molar-refractivity contribution in [1.29, 1.82) is 0 Å². The second kappa shape index (κ2) is 5.88. The van der Waals surface area contributed by atoms with Crippen LogP contribution >= 0.6 is 0 Å². The zero-order chi connectivity index (χ0) is 12.1. The molecule has 1 unspecified atom stereocenters. The molecule has 1 fully saturated rings. The van der Waals surface area contributed by atoms with Crippen LogP contribution in [0.3, 0.4) is 0 Å². The van der Waals surface area contributed by atoms with Gasteiger partial charge in [0.1, 0.15) is 0 Å². The highest BCUT2D eigenvalue weighted by atomic mass is 16.6. The first-order valence-electron chi connectivity index (χ1n) is 5.53. The maximum Gasteiger partial charge on any atom is 0.179 e. The zero-order valence-electron chi connectivity index (χ0n) is 9.49. The van der Waals surface area contributed by atoms with Gasteiger partial charge in [0.2, 0.25) is 0 Å². The highest BCUT2D eigenvalue weighted by Crippen LogP contribution is 2.11. The van der Waals surface area contributed by atoms with Crippen LogP contribution in [0, 0.1) is 0 Å². The smallest absolute Gasteiger partial charge is 0.179 e. The molecule has 17 heavy (non-hydrogen) atoms. The van der Waals surface area contributed by atoms with Gasteiger partial charge in [-0.2, -0.15) is 0 Å². The summed E-state index contributed by atoms with van der Waals surface area (Å²) < 4.78 is 10.9. The number of hydrazine groups is 1. The van der Waals surface area contributed by atoms with Gasteiger partial charge in [-0.05, 0) is 5.56 Å². The summed E-state index contributed by atoms with van der Waals surface area (Å²) in [5, 5.41) is 1.38. The summed E-state index contributed by atoms with van der Waals surface area (Å²) in [5.41, 5.74) is 1.11. The van der Waals surface area contributed by atoms with E-state index in [0.717, 1.165) is 5.56 Å². The molecule has 1 aromatic rings. The summed E-state index contributed by atoms with van der Waals surface area (Å²) >= 11 is 0. The third kappa shape index (κ3) is 3.34. The summed E-state index contributed by atoms with van der Waals surface area (Å²) in [7, 11) is 0. The van der Waals surface area contributed by atoms with Crippen molar-refractivity contribution < 1.29 is 14.3 Å². The van der Waals surface area contributed by atoms with E-state index in [-0.39, 0.29) is 6.10 Å². The Kier molecular flexibility index (Phi) is 4.22. The van der Waals surface area contributed by atoms with Gasteiger partial charge in [-0.3, -0.25) is 10.6 Å². The van der Waals surface area contributed by atoms with Gasteiger partial charge in [0.05, 0.1) is 19.3 Å². The SMILES string of the molecule is NN1C[C@@H](COCc2ccccc2)OC1C=O. The normalized spacial score (nSPS) is 25.0. The molecule has 1 aromatic carbocycles. The first-order chi connectivity index (χ1) is 8.29. The molecule has 0 aliphatic carbocycles. The van der Waals surface area contributed by atoms with Crippen LogP contribution < -0.4 is 5.84 Å². The fourth-order valence-corrected chi connectivity index (χ4v) is 1.74. The van der Waals surface area contributed by atoms with Gasteiger partial charge in [0.25, 0.3) is 0 Å². The van der Waals surface area contributed by atoms with Crippen molar-refractivity contribution in [2.75, 3.05) is 13.2 Å². The minimum absolute atomic E-state index is 0.140. The number of nitrogens with zero attached hydrogens (tertiary/aromatic N) is 1. The van der Waals surface area contributed by atoms with E-state index in [1.165, 1.54) is 5.01 Å². The Hall–Kier alpha value is -1.27. The Morgan fingerprint density at radius 1 is 1.47 bits per heavy atom. The van der Waals surface area contributed by atoms with Crippen molar-refractivity contribution in [1.82, 2.24) is 5.01 Å². The molecule has 1 aliphatic heterocycles. The van der Waals surface area contributed by atoms with Crippen LogP contribution in [0.15, 0.2) is 30.3 Å². The molecule has 2 N–H and O–H groups in total. The monoisotopic (exact) mass is 236 g/mol. The van der Waals surface area contributed by atoms with Gasteiger partial charge >= 0.3 is 0 Å². The van der Waals surface area contributed by atoms with Gasteiger partial charge in [0, 0.05) is 6.54 Å². The number of benzene rings is 1. The van der Waals surface area contributed by atoms with E-state index in [1.807, 2.05) is 30.3 Å². The van der Waals surface area contributed by atoms with E-state index in [1.54, 1.807) is 0 Å². The largest absolute Gasteiger partial charge is 0.374 e. The Balaban J connectivity index is 1.71. The van der Waals surface area contributed by atoms with Crippen LogP contribution in [0.1, 0.15) is 5.56 Å². The Morgan fingerprint density at radius 2 is 2.24 bits per heavy atom. The van der Waals surface area contributed by atoms with Crippen LogP contribution in [0.4, 0.5) is 0 Å². The van der Waals surface area contributed by atoms with E-state index in [4.69, 9.17) is 15.3 Å². The summed E-state index contributed by atoms with van der Waals surface area (Å²) in [6.45, 7) is 1.49. The lowest BCUT2D eigenvalue weighted by Gasteiger charge is -2.09. The second-order valence-electron chi connectivity index (χ2n) is 3.98. The van der Waals surface area contributed by atoms with Crippen LogP contribution in [0.5, 0.6) is 0 Å². The van der Waals surface area contributed by atoms with E-state index >= 15 is 0 Å². The topological polar surface area (TPSA) is 64.8 Å². The second-order valence-corrected chi connectivity index (χ2v) is 3.98. The van der Waals surface area contributed by atoms with Crippen molar-refractivity contribution in [3.8, 4) is 0 Å². The molecule has 0 spiro atoms. The fourth-order valence-electron chi connectivity index (χ4n) is 1.74. The third-order valence-corrected chi connectivity index (χ3v) is 2.60. The van der Waals surface area contributed by atoms with Crippen molar-refractivity contribution in [2.24, 2.45) is 5.84 Å². The van der Waals surface area contributed by atoms with Crippen molar-refractivity contribution in [2.45, 2.75) is 18.9 Å². The number of rotatable bonds is 5. The predicted molar refractivity (Wildman–Crippen MR) is 61.7 cm³/mol. The zero-order valence-corrected chi connectivity index (χ0v) is 9.49. The molecule has 2 rings (SSSR count). The lowest BCUT2D eigenvalue weighted by Crippen LogP contribution is -2.37. The average Bonchev–Trinajstić information content (AvgIpc) is 2.71. The summed E-state index contributed by atoms with van der Waals surface area (Å²) in [5.74, 6) is 5.58. The standard InChI is InChI=1S/C12H16N2O3/c13-14-6-11(17-12(14)7-15)9-16-8-10-4-2-1-3-5-10/h1-5,7,11-12H,6,8-9,13H2/t11-,12?/m0/s1. The van der Waals surface area contributed by atoms with Gasteiger partial charge in [-0.25, -0.2) is 5.01 Å². The number of carbonyl (C=O) groups excluding carboxylic acids is 1. The molecule has 1 heterocycles. The predicted octanol–water partition coefficient (Wildman–Crippen LogP) is 0.303. The molecule has 0 saturated carbocycles. The molecule has 5 heteroatoms. The van der Waals surface area contributed by atoms with Gasteiger partial charge in [-0.1, -0.05) is 30.3 Å². The van der Waals surface area contributed by atoms with Crippen LogP contribution in [-0.4, -0.2) is 36.8 Å². The lowest BCUT2D eigenvalue weighted by molar-refractivity contribution is -0.125. The molecule has 1 aliphatic rings. The quantitative estimate of drug-likeness (QED) is 0.588. The van der Waals surface area contributed by atoms with Crippen molar-refractivity contribution in [3.63, 3.8) is 0 Å². The van der Waals surface area contributed by atoms with E-state index < -0.39 is 6.23 Å². The molecule has 2 atom stereocenters. The fraction of sp³-hybridized carbons (Fsp3) is 0.417. The molecule has 0 aromatic heterocycles. The molecule has 1 saturated heterocycles. The molecular weight excluding hydrogens is 220 g/mol. The van der Waals surface area contributed by atoms with Gasteiger partial charge in [0.15, 0.2) is 12.5 Å². The van der Waals surface area contributed by atoms with Crippen molar-refractivity contribution >= 4 is 6.29 Å². The Morgan fingerprint density at radius 3 is 2.88 bits per heavy atom. The molecule has 92 valence electrons. The first-order valence-corrected chi connectivity index (χ1v) is 5.53. The first kappa shape index (κ1) is 12.2. The molecule has 0 amide bonds. The van der Waals surface area contributed by atoms with E-state index in [0.29, 0.717) is 26.0 Å². The maximum atomic E-state index is 10.6. The lowest BCUT2D eigenvalue weighted by atomic mass is 10.2.